The predicted molar refractivity (Wildman–Crippen MR) is 70.8 cm³/mol. The molecule has 1 saturated carbocycles. The van der Waals surface area contributed by atoms with E-state index in [1.165, 1.54) is 29.2 Å². The molecule has 84 valence electrons. The van der Waals surface area contributed by atoms with Gasteiger partial charge < -0.3 is 5.73 Å². The smallest absolute Gasteiger partial charge is 0.0323 e. The van der Waals surface area contributed by atoms with Crippen LogP contribution in [0.4, 0.5) is 0 Å². The first-order valence-corrected chi connectivity index (χ1v) is 5.59. The zero-order valence-electron chi connectivity index (χ0n) is 9.10. The van der Waals surface area contributed by atoms with Gasteiger partial charge in [0.25, 0.3) is 0 Å². The fourth-order valence-electron chi connectivity index (χ4n) is 2.14. The number of hydrogen-bond donors (Lipinski definition) is 1. The van der Waals surface area contributed by atoms with Crippen LogP contribution in [0.5, 0.6) is 0 Å². The van der Waals surface area contributed by atoms with E-state index in [-0.39, 0.29) is 18.4 Å². The zero-order valence-corrected chi connectivity index (χ0v) is 9.91. The Hall–Kier alpha value is -1.05. The molecule has 0 aliphatic heterocycles. The van der Waals surface area contributed by atoms with Crippen LogP contribution in [0.25, 0.3) is 10.8 Å². The second-order valence-corrected chi connectivity index (χ2v) is 4.47. The van der Waals surface area contributed by atoms with Gasteiger partial charge in [-0.2, -0.15) is 0 Å². The second-order valence-electron chi connectivity index (χ2n) is 4.47. The van der Waals surface area contributed by atoms with Gasteiger partial charge in [-0.25, -0.2) is 0 Å². The molecular formula is C14H16ClN. The monoisotopic (exact) mass is 233 g/mol. The SMILES string of the molecule is Cl.N[C@H](c1ccc2ccccc2c1)C1CC1. The van der Waals surface area contributed by atoms with Crippen LogP contribution in [0.3, 0.4) is 0 Å². The van der Waals surface area contributed by atoms with Crippen molar-refractivity contribution in [1.29, 1.82) is 0 Å². The molecule has 2 aromatic rings. The largest absolute Gasteiger partial charge is 0.324 e. The molecule has 3 rings (SSSR count). The van der Waals surface area contributed by atoms with Gasteiger partial charge in [0.1, 0.15) is 0 Å². The minimum absolute atomic E-state index is 0. The molecule has 0 heterocycles. The van der Waals surface area contributed by atoms with Gasteiger partial charge in [0.2, 0.25) is 0 Å². The van der Waals surface area contributed by atoms with Crippen molar-refractivity contribution in [3.05, 3.63) is 48.0 Å². The van der Waals surface area contributed by atoms with Gasteiger partial charge in [0.15, 0.2) is 0 Å². The van der Waals surface area contributed by atoms with E-state index in [0.29, 0.717) is 0 Å². The first-order valence-electron chi connectivity index (χ1n) is 5.59. The van der Waals surface area contributed by atoms with Crippen LogP contribution >= 0.6 is 12.4 Å². The van der Waals surface area contributed by atoms with E-state index in [4.69, 9.17) is 5.73 Å². The molecule has 2 N–H and O–H groups in total. The summed E-state index contributed by atoms with van der Waals surface area (Å²) in [6.07, 6.45) is 2.60. The van der Waals surface area contributed by atoms with Crippen molar-refractivity contribution in [2.45, 2.75) is 18.9 Å². The van der Waals surface area contributed by atoms with Crippen molar-refractivity contribution in [1.82, 2.24) is 0 Å². The molecule has 1 aliphatic carbocycles. The van der Waals surface area contributed by atoms with E-state index in [2.05, 4.69) is 42.5 Å². The normalized spacial score (nSPS) is 16.8. The average molecular weight is 234 g/mol. The Morgan fingerprint density at radius 1 is 1.00 bits per heavy atom. The molecule has 2 aromatic carbocycles. The lowest BCUT2D eigenvalue weighted by atomic mass is 10.00. The van der Waals surface area contributed by atoms with E-state index in [1.54, 1.807) is 0 Å². The van der Waals surface area contributed by atoms with Crippen LogP contribution in [0.2, 0.25) is 0 Å². The Kier molecular flexibility index (Phi) is 3.17. The summed E-state index contributed by atoms with van der Waals surface area (Å²) in [6, 6.07) is 15.3. The Balaban J connectivity index is 0.000000963. The van der Waals surface area contributed by atoms with Crippen molar-refractivity contribution in [3.8, 4) is 0 Å². The minimum Gasteiger partial charge on any atom is -0.324 e. The molecule has 0 aromatic heterocycles. The summed E-state index contributed by atoms with van der Waals surface area (Å²) in [7, 11) is 0. The number of rotatable bonds is 2. The molecular weight excluding hydrogens is 218 g/mol. The fraction of sp³-hybridized carbons (Fsp3) is 0.286. The molecule has 0 bridgehead atoms. The number of hydrogen-bond acceptors (Lipinski definition) is 1. The summed E-state index contributed by atoms with van der Waals surface area (Å²) in [5.74, 6) is 0.728. The maximum Gasteiger partial charge on any atom is 0.0323 e. The first kappa shape index (κ1) is 11.4. The summed E-state index contributed by atoms with van der Waals surface area (Å²) in [4.78, 5) is 0. The van der Waals surface area contributed by atoms with Crippen LogP contribution < -0.4 is 5.73 Å². The molecule has 1 fully saturated rings. The lowest BCUT2D eigenvalue weighted by Crippen LogP contribution is -2.11. The summed E-state index contributed by atoms with van der Waals surface area (Å²) in [5.41, 5.74) is 7.48. The summed E-state index contributed by atoms with van der Waals surface area (Å²) >= 11 is 0. The standard InChI is InChI=1S/C14H15N.ClH/c15-14(11-6-7-11)13-8-5-10-3-1-2-4-12(10)9-13;/h1-5,8-9,11,14H,6-7,15H2;1H/t14-;/m0./s1. The highest BCUT2D eigenvalue weighted by atomic mass is 35.5. The quantitative estimate of drug-likeness (QED) is 0.842. The van der Waals surface area contributed by atoms with Crippen molar-refractivity contribution in [3.63, 3.8) is 0 Å². The van der Waals surface area contributed by atoms with Gasteiger partial charge in [0.05, 0.1) is 0 Å². The van der Waals surface area contributed by atoms with E-state index in [1.807, 2.05) is 0 Å². The van der Waals surface area contributed by atoms with Gasteiger partial charge in [0, 0.05) is 6.04 Å². The van der Waals surface area contributed by atoms with Crippen LogP contribution in [0.15, 0.2) is 42.5 Å². The fourth-order valence-corrected chi connectivity index (χ4v) is 2.14. The third kappa shape index (κ3) is 2.06. The summed E-state index contributed by atoms with van der Waals surface area (Å²) in [6.45, 7) is 0. The van der Waals surface area contributed by atoms with Gasteiger partial charge in [-0.05, 0) is 41.2 Å². The van der Waals surface area contributed by atoms with Gasteiger partial charge in [-0.1, -0.05) is 36.4 Å². The van der Waals surface area contributed by atoms with Crippen LogP contribution in [-0.4, -0.2) is 0 Å². The zero-order chi connectivity index (χ0) is 10.3. The van der Waals surface area contributed by atoms with E-state index < -0.39 is 0 Å². The summed E-state index contributed by atoms with van der Waals surface area (Å²) in [5, 5.41) is 2.59. The van der Waals surface area contributed by atoms with Gasteiger partial charge in [-0.15, -0.1) is 12.4 Å². The molecule has 1 atom stereocenters. The number of fused-ring (bicyclic) bond motifs is 1. The maximum absolute atomic E-state index is 6.19. The molecule has 16 heavy (non-hydrogen) atoms. The van der Waals surface area contributed by atoms with E-state index >= 15 is 0 Å². The van der Waals surface area contributed by atoms with E-state index in [9.17, 15) is 0 Å². The van der Waals surface area contributed by atoms with Gasteiger partial charge in [-0.3, -0.25) is 0 Å². The molecule has 0 spiro atoms. The lowest BCUT2D eigenvalue weighted by Gasteiger charge is -2.11. The highest BCUT2D eigenvalue weighted by molar-refractivity contribution is 5.85. The predicted octanol–water partition coefficient (Wildman–Crippen LogP) is 3.67. The minimum atomic E-state index is 0. The molecule has 0 saturated heterocycles. The summed E-state index contributed by atoms with van der Waals surface area (Å²) < 4.78 is 0. The molecule has 0 amide bonds. The third-order valence-corrected chi connectivity index (χ3v) is 3.29. The average Bonchev–Trinajstić information content (AvgIpc) is 3.11. The second kappa shape index (κ2) is 4.44. The number of halogens is 1. The Morgan fingerprint density at radius 2 is 1.69 bits per heavy atom. The van der Waals surface area contributed by atoms with Crippen LogP contribution in [-0.2, 0) is 0 Å². The van der Waals surface area contributed by atoms with Crippen LogP contribution in [0, 0.1) is 5.92 Å². The number of nitrogens with two attached hydrogens (primary N) is 1. The first-order chi connectivity index (χ1) is 7.34. The van der Waals surface area contributed by atoms with Crippen molar-refractivity contribution in [2.24, 2.45) is 11.7 Å². The van der Waals surface area contributed by atoms with Crippen LogP contribution in [0.1, 0.15) is 24.4 Å². The topological polar surface area (TPSA) is 26.0 Å². The Morgan fingerprint density at radius 3 is 2.38 bits per heavy atom. The maximum atomic E-state index is 6.19. The Labute approximate surface area is 102 Å². The molecule has 1 nitrogen and oxygen atoms in total. The third-order valence-electron chi connectivity index (χ3n) is 3.29. The van der Waals surface area contributed by atoms with E-state index in [0.717, 1.165) is 5.92 Å². The lowest BCUT2D eigenvalue weighted by molar-refractivity contribution is 0.634. The molecule has 0 unspecified atom stereocenters. The highest BCUT2D eigenvalue weighted by Gasteiger charge is 2.29. The van der Waals surface area contributed by atoms with Crippen molar-refractivity contribution < 1.29 is 0 Å². The van der Waals surface area contributed by atoms with Gasteiger partial charge >= 0.3 is 0 Å². The molecule has 2 heteroatoms. The number of benzene rings is 2. The molecule has 0 radical (unpaired) electrons. The highest BCUT2D eigenvalue weighted by Crippen LogP contribution is 2.39. The van der Waals surface area contributed by atoms with Crippen molar-refractivity contribution in [2.75, 3.05) is 0 Å². The Bertz CT molecular complexity index is 491. The molecule has 1 aliphatic rings. The van der Waals surface area contributed by atoms with Crippen molar-refractivity contribution >= 4 is 23.2 Å².